The molecule has 3 aromatic rings. The number of para-hydroxylation sites is 1. The molecular weight excluding hydrogens is 632 g/mol. The van der Waals surface area contributed by atoms with E-state index in [9.17, 15) is 19.5 Å². The number of nitrogens with zero attached hydrogens (tertiary/aromatic N) is 4. The molecule has 11 heteroatoms. The normalized spacial score (nSPS) is 24.5. The molecule has 1 spiro atoms. The zero-order valence-corrected chi connectivity index (χ0v) is 28.1. The lowest BCUT2D eigenvalue weighted by molar-refractivity contribution is -0.136. The van der Waals surface area contributed by atoms with Gasteiger partial charge in [-0.05, 0) is 105 Å². The van der Waals surface area contributed by atoms with E-state index in [1.165, 1.54) is 0 Å². The quantitative estimate of drug-likeness (QED) is 0.273. The van der Waals surface area contributed by atoms with Gasteiger partial charge in [0.1, 0.15) is 23.1 Å². The Morgan fingerprint density at radius 2 is 1.74 bits per heavy atom. The van der Waals surface area contributed by atoms with Gasteiger partial charge in [-0.15, -0.1) is 10.2 Å². The molecule has 3 fully saturated rings. The van der Waals surface area contributed by atoms with Crippen molar-refractivity contribution in [2.75, 3.05) is 25.4 Å². The van der Waals surface area contributed by atoms with Gasteiger partial charge in [0.05, 0.1) is 11.3 Å². The Balaban J connectivity index is 0.832. The van der Waals surface area contributed by atoms with Crippen LogP contribution < -0.4 is 15.8 Å². The number of hydrogen-bond donors (Lipinski definition) is 3. The molecule has 258 valence electrons. The molecule has 1 saturated carbocycles. The second kappa shape index (κ2) is 13.1. The fourth-order valence-electron chi connectivity index (χ4n) is 8.43. The maximum Gasteiger partial charge on any atom is 0.255 e. The summed E-state index contributed by atoms with van der Waals surface area (Å²) in [5, 5.41) is 20.8. The number of hydrogen-bond acceptors (Lipinski definition) is 9. The predicted octanol–water partition coefficient (Wildman–Crippen LogP) is 4.21. The van der Waals surface area contributed by atoms with Crippen molar-refractivity contribution in [1.82, 2.24) is 25.3 Å². The van der Waals surface area contributed by atoms with E-state index >= 15 is 0 Å². The second-order valence-electron chi connectivity index (χ2n) is 14.6. The first-order valence-electron chi connectivity index (χ1n) is 17.9. The zero-order chi connectivity index (χ0) is 34.4. The smallest absolute Gasteiger partial charge is 0.255 e. The van der Waals surface area contributed by atoms with Gasteiger partial charge in [-0.2, -0.15) is 0 Å². The van der Waals surface area contributed by atoms with E-state index in [1.807, 2.05) is 18.2 Å². The maximum absolute atomic E-state index is 13.3. The number of phenolic OH excluding ortho intramolecular Hbond substituents is 1. The van der Waals surface area contributed by atoms with Crippen molar-refractivity contribution in [2.24, 2.45) is 11.8 Å². The number of aromatic nitrogens is 2. The van der Waals surface area contributed by atoms with Crippen LogP contribution in [0.5, 0.6) is 11.5 Å². The summed E-state index contributed by atoms with van der Waals surface area (Å²) in [6.07, 6.45) is 8.81. The number of phenols is 1. The first kappa shape index (κ1) is 32.3. The molecular formula is C39H42N6O5. The van der Waals surface area contributed by atoms with Gasteiger partial charge >= 0.3 is 0 Å². The van der Waals surface area contributed by atoms with Crippen LogP contribution in [-0.2, 0) is 22.6 Å². The SMILES string of the molecule is Nc1nnc(-c2ccccc2O)cc1C#C[C@H]1CC[C@@H](CN2CCC3(CCc4cc5c(cc4O3)CN(C3CCC(=O)NC3=O)C5=O)CC2)CC1. The number of nitrogens with two attached hydrogens (primary N) is 1. The van der Waals surface area contributed by atoms with Crippen molar-refractivity contribution in [2.45, 2.75) is 82.4 Å². The van der Waals surface area contributed by atoms with E-state index < -0.39 is 6.04 Å². The minimum absolute atomic E-state index is 0.137. The van der Waals surface area contributed by atoms with Gasteiger partial charge in [0, 0.05) is 49.6 Å². The van der Waals surface area contributed by atoms with Crippen LogP contribution in [0.15, 0.2) is 42.5 Å². The standard InChI is InChI=1S/C39H42N6O5/c40-36-27(20-31(42-43-36)29-3-1-2-4-33(29)46)10-9-24-5-7-25(8-6-24)22-44-17-15-39(16-18-44)14-13-26-19-30-28(21-34(26)50-39)23-45(38(30)49)32-11-12-35(47)41-37(32)48/h1-4,19-21,24-25,32,46H,5-8,11-18,22-23H2,(H2,40,43)(H,41,47,48)/t24-,25+,32?. The number of nitrogen functional groups attached to an aromatic ring is 1. The third kappa shape index (κ3) is 6.29. The largest absolute Gasteiger partial charge is 0.507 e. The van der Waals surface area contributed by atoms with E-state index in [4.69, 9.17) is 10.5 Å². The number of ether oxygens (including phenoxy) is 1. The highest BCUT2D eigenvalue weighted by Gasteiger charge is 2.43. The molecule has 8 rings (SSSR count). The molecule has 4 N–H and O–H groups in total. The number of carbonyl (C=O) groups excluding carboxylic acids is 3. The number of imide groups is 1. The van der Waals surface area contributed by atoms with Crippen LogP contribution in [0.1, 0.15) is 84.8 Å². The molecule has 4 aliphatic heterocycles. The van der Waals surface area contributed by atoms with Gasteiger partial charge in [-0.25, -0.2) is 0 Å². The van der Waals surface area contributed by atoms with Crippen LogP contribution in [0.4, 0.5) is 5.82 Å². The van der Waals surface area contributed by atoms with E-state index in [2.05, 4.69) is 32.3 Å². The highest BCUT2D eigenvalue weighted by atomic mass is 16.5. The number of rotatable bonds is 4. The summed E-state index contributed by atoms with van der Waals surface area (Å²) in [6, 6.07) is 12.2. The number of benzene rings is 2. The van der Waals surface area contributed by atoms with Crippen molar-refractivity contribution in [3.8, 4) is 34.6 Å². The minimum atomic E-state index is -0.612. The van der Waals surface area contributed by atoms with Gasteiger partial charge in [0.25, 0.3) is 5.91 Å². The number of aryl methyl sites for hydroxylation is 1. The van der Waals surface area contributed by atoms with Crippen LogP contribution >= 0.6 is 0 Å². The van der Waals surface area contributed by atoms with Gasteiger partial charge < -0.3 is 25.4 Å². The van der Waals surface area contributed by atoms with Gasteiger partial charge in [0.2, 0.25) is 11.8 Å². The number of piperidine rings is 2. The van der Waals surface area contributed by atoms with Crippen LogP contribution in [-0.4, -0.2) is 74.1 Å². The lowest BCUT2D eigenvalue weighted by Crippen LogP contribution is -2.52. The lowest BCUT2D eigenvalue weighted by atomic mass is 9.80. The average molecular weight is 675 g/mol. The molecule has 2 saturated heterocycles. The Morgan fingerprint density at radius 1 is 0.940 bits per heavy atom. The average Bonchev–Trinajstić information content (AvgIpc) is 3.43. The molecule has 3 amide bonds. The van der Waals surface area contributed by atoms with Crippen LogP contribution in [0, 0.1) is 23.7 Å². The molecule has 2 aromatic carbocycles. The van der Waals surface area contributed by atoms with Gasteiger partial charge in [-0.3, -0.25) is 19.7 Å². The summed E-state index contributed by atoms with van der Waals surface area (Å²) in [7, 11) is 0. The molecule has 0 bridgehead atoms. The first-order valence-corrected chi connectivity index (χ1v) is 17.9. The van der Waals surface area contributed by atoms with Crippen molar-refractivity contribution < 1.29 is 24.2 Å². The summed E-state index contributed by atoms with van der Waals surface area (Å²) in [5.41, 5.74) is 10.3. The van der Waals surface area contributed by atoms with E-state index in [1.54, 1.807) is 29.2 Å². The zero-order valence-electron chi connectivity index (χ0n) is 28.1. The van der Waals surface area contributed by atoms with Crippen molar-refractivity contribution >= 4 is 23.5 Å². The summed E-state index contributed by atoms with van der Waals surface area (Å²) in [5.74, 6) is 8.19. The Bertz CT molecular complexity index is 1920. The van der Waals surface area contributed by atoms with Gasteiger partial charge in [0.15, 0.2) is 5.82 Å². The molecule has 1 aromatic heterocycles. The second-order valence-corrected chi connectivity index (χ2v) is 14.6. The number of anilines is 1. The molecule has 5 heterocycles. The predicted molar refractivity (Wildman–Crippen MR) is 186 cm³/mol. The fourth-order valence-corrected chi connectivity index (χ4v) is 8.43. The van der Waals surface area contributed by atoms with Crippen molar-refractivity contribution in [3.05, 3.63) is 64.7 Å². The highest BCUT2D eigenvalue weighted by Crippen LogP contribution is 2.43. The third-order valence-electron chi connectivity index (χ3n) is 11.4. The summed E-state index contributed by atoms with van der Waals surface area (Å²) < 4.78 is 6.77. The van der Waals surface area contributed by atoms with Gasteiger partial charge in [-0.1, -0.05) is 24.0 Å². The van der Waals surface area contributed by atoms with Crippen molar-refractivity contribution in [3.63, 3.8) is 0 Å². The maximum atomic E-state index is 13.3. The Morgan fingerprint density at radius 3 is 2.52 bits per heavy atom. The van der Waals surface area contributed by atoms with Crippen molar-refractivity contribution in [1.29, 1.82) is 0 Å². The summed E-state index contributed by atoms with van der Waals surface area (Å²) in [6.45, 7) is 3.48. The van der Waals surface area contributed by atoms with E-state index in [0.29, 0.717) is 53.0 Å². The third-order valence-corrected chi connectivity index (χ3v) is 11.4. The lowest BCUT2D eigenvalue weighted by Gasteiger charge is -2.45. The Kier molecular flexibility index (Phi) is 8.43. The number of amides is 3. The Hall–Kier alpha value is -4.95. The highest BCUT2D eigenvalue weighted by molar-refractivity contribution is 6.05. The number of aromatic hydroxyl groups is 1. The van der Waals surface area contributed by atoms with Crippen LogP contribution in [0.3, 0.4) is 0 Å². The molecule has 50 heavy (non-hydrogen) atoms. The topological polar surface area (TPSA) is 151 Å². The summed E-state index contributed by atoms with van der Waals surface area (Å²) >= 11 is 0. The number of fused-ring (bicyclic) bond motifs is 2. The van der Waals surface area contributed by atoms with Crippen LogP contribution in [0.25, 0.3) is 11.3 Å². The minimum Gasteiger partial charge on any atom is -0.507 e. The number of nitrogens with one attached hydrogen (secondary N) is 1. The molecule has 1 unspecified atom stereocenters. The monoisotopic (exact) mass is 674 g/mol. The van der Waals surface area contributed by atoms with E-state index in [0.717, 1.165) is 87.9 Å². The first-order chi connectivity index (χ1) is 24.2. The molecule has 1 atom stereocenters. The number of likely N-dealkylation sites (tertiary alicyclic amines) is 1. The molecule has 1 aliphatic carbocycles. The van der Waals surface area contributed by atoms with E-state index in [-0.39, 0.29) is 35.5 Å². The molecule has 5 aliphatic rings. The molecule has 11 nitrogen and oxygen atoms in total. The Labute approximate surface area is 291 Å². The van der Waals surface area contributed by atoms with Crippen LogP contribution in [0.2, 0.25) is 0 Å². The fraction of sp³-hybridized carbons (Fsp3) is 0.462. The summed E-state index contributed by atoms with van der Waals surface area (Å²) in [4.78, 5) is 41.6. The molecule has 0 radical (unpaired) electrons. The number of carbonyl (C=O) groups is 3.